The molecule has 0 spiro atoms. The van der Waals surface area contributed by atoms with Crippen molar-refractivity contribution in [3.63, 3.8) is 0 Å². The third-order valence-electron chi connectivity index (χ3n) is 8.17. The average Bonchev–Trinajstić information content (AvgIpc) is 3.63. The van der Waals surface area contributed by atoms with Crippen LogP contribution in [0.4, 0.5) is 5.82 Å². The lowest BCUT2D eigenvalue weighted by Gasteiger charge is -2.26. The number of ketones is 1. The predicted molar refractivity (Wildman–Crippen MR) is 192 cm³/mol. The zero-order valence-electron chi connectivity index (χ0n) is 27.3. The lowest BCUT2D eigenvalue weighted by Crippen LogP contribution is -2.35. The number of benzene rings is 3. The molecule has 0 aliphatic carbocycles. The number of hydrogen-bond acceptors (Lipinski definition) is 8. The Hall–Kier alpha value is -4.31. The van der Waals surface area contributed by atoms with Crippen LogP contribution in [0.3, 0.4) is 0 Å². The molecule has 0 bridgehead atoms. The van der Waals surface area contributed by atoms with Gasteiger partial charge in [0.05, 0.1) is 65.1 Å². The topological polar surface area (TPSA) is 121 Å². The van der Waals surface area contributed by atoms with Gasteiger partial charge in [0.1, 0.15) is 24.0 Å². The minimum atomic E-state index is -0.729. The van der Waals surface area contributed by atoms with Gasteiger partial charge in [-0.25, -0.2) is 14.7 Å². The Labute approximate surface area is 286 Å². The quantitative estimate of drug-likeness (QED) is 0.117. The highest BCUT2D eigenvalue weighted by Crippen LogP contribution is 2.34. The predicted octanol–water partition coefficient (Wildman–Crippen LogP) is 6.46. The molecule has 2 aromatic heterocycles. The largest absolute Gasteiger partial charge is 0.457 e. The Bertz CT molecular complexity index is 1990. The first kappa shape index (κ1) is 33.6. The number of hydrogen-bond donors (Lipinski definition) is 1. The van der Waals surface area contributed by atoms with Crippen molar-refractivity contribution < 1.29 is 19.0 Å². The summed E-state index contributed by atoms with van der Waals surface area (Å²) >= 11 is 6.67. The maximum absolute atomic E-state index is 14.2. The monoisotopic (exact) mass is 686 g/mol. The number of nitriles is 1. The average molecular weight is 687 g/mol. The molecule has 0 radical (unpaired) electrons. The van der Waals surface area contributed by atoms with E-state index in [0.717, 1.165) is 55.1 Å². The van der Waals surface area contributed by atoms with Gasteiger partial charge in [-0.15, -0.1) is 0 Å². The number of fused-ring (bicyclic) bond motifs is 1. The van der Waals surface area contributed by atoms with Crippen LogP contribution in [0.25, 0.3) is 16.6 Å². The van der Waals surface area contributed by atoms with Crippen molar-refractivity contribution >= 4 is 44.1 Å². The number of carbonyl (C=O) groups is 1. The molecule has 1 aliphatic rings. The molecule has 12 heteroatoms. The molecule has 1 fully saturated rings. The molecule has 250 valence electrons. The molecule has 10 nitrogen and oxygen atoms in total. The maximum atomic E-state index is 14.2. The van der Waals surface area contributed by atoms with E-state index in [0.29, 0.717) is 40.1 Å². The first-order valence-electron chi connectivity index (χ1n) is 15.6. The zero-order valence-corrected chi connectivity index (χ0v) is 28.9. The van der Waals surface area contributed by atoms with Gasteiger partial charge in [-0.05, 0) is 66.8 Å². The Balaban J connectivity index is 1.28. The van der Waals surface area contributed by atoms with Gasteiger partial charge in [-0.3, -0.25) is 9.69 Å². The fraction of sp³-hybridized carbons (Fsp3) is 0.306. The normalized spacial score (nSPS) is 14.2. The minimum Gasteiger partial charge on any atom is -0.457 e. The van der Waals surface area contributed by atoms with Crippen LogP contribution in [0.15, 0.2) is 72.9 Å². The molecule has 0 atom stereocenters. The molecular formula is C36H39ClN6O4S. The van der Waals surface area contributed by atoms with Crippen molar-refractivity contribution in [2.75, 3.05) is 63.2 Å². The summed E-state index contributed by atoms with van der Waals surface area (Å²) in [6, 6.07) is 22.3. The summed E-state index contributed by atoms with van der Waals surface area (Å²) in [5.41, 5.74) is 10.4. The second-order valence-electron chi connectivity index (χ2n) is 12.6. The fourth-order valence-electron chi connectivity index (χ4n) is 5.56. The van der Waals surface area contributed by atoms with E-state index in [1.165, 1.54) is 10.9 Å². The second-order valence-corrected chi connectivity index (χ2v) is 17.6. The van der Waals surface area contributed by atoms with Gasteiger partial charge in [-0.2, -0.15) is 10.4 Å². The van der Waals surface area contributed by atoms with Crippen molar-refractivity contribution in [2.45, 2.75) is 13.3 Å². The standard InChI is InChI=1S/C36H39ClN6O4S/c1-48(2,3)16-15-46-24-42-33-18-26(23-41-11-13-45-14-12-41)7-8-27(33)19-34(42)35(44)30-22-40-43(36(30)39)32-10-9-29(20-31(32)37)47-28-6-4-5-25(17-28)21-38/h4-10,17-20,22H,11-16,23-24,39H2,1-3H3. The molecule has 0 saturated carbocycles. The Morgan fingerprint density at radius 3 is 2.60 bits per heavy atom. The first-order valence-corrected chi connectivity index (χ1v) is 19.0. The van der Waals surface area contributed by atoms with Crippen LogP contribution in [0, 0.1) is 11.3 Å². The van der Waals surface area contributed by atoms with Gasteiger partial charge in [0, 0.05) is 36.8 Å². The number of nitrogens with two attached hydrogens (primary N) is 1. The highest BCUT2D eigenvalue weighted by molar-refractivity contribution is 8.32. The molecule has 0 amide bonds. The van der Waals surface area contributed by atoms with Crippen LogP contribution < -0.4 is 10.5 Å². The smallest absolute Gasteiger partial charge is 0.214 e. The van der Waals surface area contributed by atoms with Crippen molar-refractivity contribution in [3.05, 3.63) is 100 Å². The van der Waals surface area contributed by atoms with E-state index < -0.39 is 10.0 Å². The van der Waals surface area contributed by atoms with Crippen LogP contribution in [0.1, 0.15) is 27.2 Å². The van der Waals surface area contributed by atoms with Gasteiger partial charge >= 0.3 is 0 Å². The molecule has 1 aliphatic heterocycles. The molecule has 0 unspecified atom stereocenters. The van der Waals surface area contributed by atoms with E-state index in [9.17, 15) is 10.1 Å². The number of carbonyl (C=O) groups excluding carboxylic acids is 1. The van der Waals surface area contributed by atoms with Gasteiger partial charge < -0.3 is 24.5 Å². The maximum Gasteiger partial charge on any atom is 0.214 e. The fourth-order valence-corrected chi connectivity index (χ4v) is 6.43. The zero-order chi connectivity index (χ0) is 33.8. The minimum absolute atomic E-state index is 0.166. The summed E-state index contributed by atoms with van der Waals surface area (Å²) in [5.74, 6) is 1.86. The molecule has 3 heterocycles. The van der Waals surface area contributed by atoms with E-state index in [4.69, 9.17) is 31.5 Å². The van der Waals surface area contributed by atoms with Crippen molar-refractivity contribution in [3.8, 4) is 23.3 Å². The third kappa shape index (κ3) is 7.70. The summed E-state index contributed by atoms with van der Waals surface area (Å²) in [6.07, 6.45) is 8.25. The SMILES string of the molecule is CS(C)(C)CCOCn1c(C(=O)c2cnn(-c3ccc(Oc4cccc(C#N)c4)cc3Cl)c2N)cc2ccc(CN3CCOCC3)cc21. The molecule has 48 heavy (non-hydrogen) atoms. The molecule has 6 rings (SSSR count). The number of ether oxygens (including phenoxy) is 3. The van der Waals surface area contributed by atoms with E-state index in [1.807, 2.05) is 10.6 Å². The number of halogens is 1. The van der Waals surface area contributed by atoms with Crippen LogP contribution >= 0.6 is 21.6 Å². The van der Waals surface area contributed by atoms with E-state index in [1.54, 1.807) is 42.5 Å². The lowest BCUT2D eigenvalue weighted by atomic mass is 10.1. The molecule has 5 aromatic rings. The molecular weight excluding hydrogens is 648 g/mol. The Morgan fingerprint density at radius 2 is 1.85 bits per heavy atom. The van der Waals surface area contributed by atoms with E-state index in [2.05, 4.69) is 53.0 Å². The number of morpholine rings is 1. The molecule has 1 saturated heterocycles. The summed E-state index contributed by atoms with van der Waals surface area (Å²) in [7, 11) is -0.729. The van der Waals surface area contributed by atoms with E-state index in [-0.39, 0.29) is 23.9 Å². The van der Waals surface area contributed by atoms with Crippen LogP contribution in [-0.4, -0.2) is 82.5 Å². The van der Waals surface area contributed by atoms with E-state index >= 15 is 0 Å². The van der Waals surface area contributed by atoms with Crippen molar-refractivity contribution in [1.82, 2.24) is 19.2 Å². The molecule has 3 aromatic carbocycles. The van der Waals surface area contributed by atoms with Crippen molar-refractivity contribution in [2.24, 2.45) is 0 Å². The highest BCUT2D eigenvalue weighted by Gasteiger charge is 2.24. The first-order chi connectivity index (χ1) is 23.1. The van der Waals surface area contributed by atoms with Gasteiger partial charge in [-0.1, -0.05) is 29.8 Å². The van der Waals surface area contributed by atoms with Crippen molar-refractivity contribution in [1.29, 1.82) is 5.26 Å². The number of nitrogens with zero attached hydrogens (tertiary/aromatic N) is 5. The van der Waals surface area contributed by atoms with Gasteiger partial charge in [0.25, 0.3) is 0 Å². The summed E-state index contributed by atoms with van der Waals surface area (Å²) in [5, 5.41) is 14.9. The number of nitrogen functional groups attached to an aromatic ring is 1. The third-order valence-corrected chi connectivity index (χ3v) is 9.86. The van der Waals surface area contributed by atoms with Gasteiger partial charge in [0.2, 0.25) is 5.78 Å². The molecule has 2 N–H and O–H groups in total. The highest BCUT2D eigenvalue weighted by atomic mass is 35.5. The Morgan fingerprint density at radius 1 is 1.06 bits per heavy atom. The number of rotatable bonds is 12. The number of anilines is 1. The Kier molecular flexibility index (Phi) is 10.1. The summed E-state index contributed by atoms with van der Waals surface area (Å²) < 4.78 is 21.0. The second kappa shape index (κ2) is 14.4. The van der Waals surface area contributed by atoms with Crippen LogP contribution in [-0.2, 0) is 22.7 Å². The van der Waals surface area contributed by atoms with Crippen LogP contribution in [0.2, 0.25) is 5.02 Å². The van der Waals surface area contributed by atoms with Crippen LogP contribution in [0.5, 0.6) is 11.5 Å². The summed E-state index contributed by atoms with van der Waals surface area (Å²) in [6.45, 7) is 4.88. The summed E-state index contributed by atoms with van der Waals surface area (Å²) in [4.78, 5) is 16.6. The number of aromatic nitrogens is 3. The lowest BCUT2D eigenvalue weighted by molar-refractivity contribution is 0.0342. The van der Waals surface area contributed by atoms with Gasteiger partial charge in [0.15, 0.2) is 0 Å².